The summed E-state index contributed by atoms with van der Waals surface area (Å²) in [6.07, 6.45) is -0.403. The molecule has 2 N–H and O–H groups in total. The third-order valence-corrected chi connectivity index (χ3v) is 7.80. The van der Waals surface area contributed by atoms with E-state index >= 15 is 0 Å². The van der Waals surface area contributed by atoms with Crippen LogP contribution in [0.15, 0.2) is 69.3 Å². The highest BCUT2D eigenvalue weighted by Gasteiger charge is 2.33. The van der Waals surface area contributed by atoms with Crippen LogP contribution in [0.4, 0.5) is 13.2 Å². The lowest BCUT2D eigenvalue weighted by Crippen LogP contribution is -2.58. The van der Waals surface area contributed by atoms with Crippen molar-refractivity contribution >= 4 is 16.8 Å². The molecule has 1 fully saturated rings. The van der Waals surface area contributed by atoms with Crippen LogP contribution in [0.5, 0.6) is 0 Å². The summed E-state index contributed by atoms with van der Waals surface area (Å²) in [5, 5.41) is 13.0. The molecule has 0 spiro atoms. The fourth-order valence-corrected chi connectivity index (χ4v) is 5.84. The molecule has 1 aliphatic carbocycles. The summed E-state index contributed by atoms with van der Waals surface area (Å²) >= 11 is 1.33. The summed E-state index contributed by atoms with van der Waals surface area (Å²) in [5.41, 5.74) is 0.236. The number of fused-ring (bicyclic) bond motifs is 3. The highest BCUT2D eigenvalue weighted by molar-refractivity contribution is 8.07. The van der Waals surface area contributed by atoms with Crippen molar-refractivity contribution in [1.29, 1.82) is 5.41 Å². The standard InChI is InChI=1S/C26H26F3N5OS/c1-33-24(35)21(22(30)34-20-10-6-5-9-19(20)32-25(33)34)23(36-18-7-3-2-4-8-18)31-15-16-11-13-17(14-12-16)26(27,28)29/h2-4,7-8,11-14,19-20,30-31H,5-6,9-10,15H2,1H3. The van der Waals surface area contributed by atoms with Gasteiger partial charge in [0.25, 0.3) is 5.56 Å². The number of benzene rings is 2. The molecule has 36 heavy (non-hydrogen) atoms. The molecule has 2 heterocycles. The number of nitrogens with one attached hydrogen (secondary N) is 2. The zero-order valence-corrected chi connectivity index (χ0v) is 20.5. The van der Waals surface area contributed by atoms with Gasteiger partial charge in [0.2, 0.25) is 5.62 Å². The van der Waals surface area contributed by atoms with Crippen LogP contribution in [0.25, 0.3) is 5.03 Å². The van der Waals surface area contributed by atoms with Gasteiger partial charge in [-0.05, 0) is 42.7 Å². The van der Waals surface area contributed by atoms with Crippen LogP contribution < -0.4 is 27.2 Å². The van der Waals surface area contributed by atoms with Gasteiger partial charge in [0, 0.05) is 18.5 Å². The minimum absolute atomic E-state index is 0.0599. The first-order valence-electron chi connectivity index (χ1n) is 11.8. The van der Waals surface area contributed by atoms with Gasteiger partial charge in [0.15, 0.2) is 0 Å². The normalized spacial score (nSPS) is 19.8. The number of hydrogen-bond donors (Lipinski definition) is 2. The van der Waals surface area contributed by atoms with E-state index in [0.29, 0.717) is 16.2 Å². The lowest BCUT2D eigenvalue weighted by atomic mass is 9.91. The monoisotopic (exact) mass is 513 g/mol. The Morgan fingerprint density at radius 1 is 1.11 bits per heavy atom. The van der Waals surface area contributed by atoms with E-state index in [9.17, 15) is 18.0 Å². The van der Waals surface area contributed by atoms with Gasteiger partial charge in [0.05, 0.1) is 22.7 Å². The predicted molar refractivity (Wildman–Crippen MR) is 132 cm³/mol. The quantitative estimate of drug-likeness (QED) is 0.514. The van der Waals surface area contributed by atoms with E-state index in [1.54, 1.807) is 7.05 Å². The summed E-state index contributed by atoms with van der Waals surface area (Å²) in [6, 6.07) is 14.6. The molecule has 0 bridgehead atoms. The van der Waals surface area contributed by atoms with Crippen LogP contribution in [-0.4, -0.2) is 15.2 Å². The molecule has 6 nitrogen and oxygen atoms in total. The van der Waals surface area contributed by atoms with Gasteiger partial charge in [-0.25, -0.2) is 4.99 Å². The number of alkyl halides is 3. The van der Waals surface area contributed by atoms with Gasteiger partial charge < -0.3 is 5.32 Å². The van der Waals surface area contributed by atoms with Crippen molar-refractivity contribution < 1.29 is 13.2 Å². The maximum atomic E-state index is 13.5. The molecule has 2 aromatic carbocycles. The minimum Gasteiger partial charge on any atom is -0.375 e. The Hall–Kier alpha value is -3.27. The Morgan fingerprint density at radius 3 is 2.50 bits per heavy atom. The van der Waals surface area contributed by atoms with E-state index in [0.717, 1.165) is 42.7 Å². The lowest BCUT2D eigenvalue weighted by Gasteiger charge is -2.25. The van der Waals surface area contributed by atoms with Gasteiger partial charge in [-0.2, -0.15) is 13.2 Å². The number of nitrogens with zero attached hydrogens (tertiary/aromatic N) is 3. The van der Waals surface area contributed by atoms with Gasteiger partial charge in [-0.15, -0.1) is 0 Å². The molecule has 1 aliphatic heterocycles. The zero-order valence-electron chi connectivity index (χ0n) is 19.7. The molecular weight excluding hydrogens is 487 g/mol. The van der Waals surface area contributed by atoms with E-state index in [1.807, 2.05) is 34.9 Å². The van der Waals surface area contributed by atoms with Crippen LogP contribution in [0.2, 0.25) is 0 Å². The van der Waals surface area contributed by atoms with Crippen LogP contribution in [-0.2, 0) is 19.8 Å². The zero-order chi connectivity index (χ0) is 25.4. The number of halogens is 3. The van der Waals surface area contributed by atoms with Crippen molar-refractivity contribution in [3.63, 3.8) is 0 Å². The van der Waals surface area contributed by atoms with Crippen molar-refractivity contribution in [2.24, 2.45) is 12.0 Å². The highest BCUT2D eigenvalue weighted by atomic mass is 32.2. The Kier molecular flexibility index (Phi) is 6.55. The Morgan fingerprint density at radius 2 is 1.81 bits per heavy atom. The molecule has 2 atom stereocenters. The van der Waals surface area contributed by atoms with Crippen LogP contribution in [0.3, 0.4) is 0 Å². The van der Waals surface area contributed by atoms with E-state index in [4.69, 9.17) is 10.4 Å². The molecule has 1 saturated carbocycles. The maximum absolute atomic E-state index is 13.5. The Labute approximate surface area is 209 Å². The van der Waals surface area contributed by atoms with E-state index in [-0.39, 0.29) is 34.9 Å². The van der Waals surface area contributed by atoms with Crippen molar-refractivity contribution in [1.82, 2.24) is 14.5 Å². The van der Waals surface area contributed by atoms with E-state index in [1.165, 1.54) is 28.5 Å². The second kappa shape index (κ2) is 9.65. The molecule has 0 saturated heterocycles. The lowest BCUT2D eigenvalue weighted by molar-refractivity contribution is -0.137. The minimum atomic E-state index is -4.40. The second-order valence-electron chi connectivity index (χ2n) is 9.10. The average Bonchev–Trinajstić information content (AvgIpc) is 3.26. The number of rotatable bonds is 5. The molecule has 0 radical (unpaired) electrons. The van der Waals surface area contributed by atoms with Crippen LogP contribution in [0.1, 0.15) is 42.9 Å². The summed E-state index contributed by atoms with van der Waals surface area (Å²) in [5.74, 6) is 0. The average molecular weight is 514 g/mol. The van der Waals surface area contributed by atoms with Gasteiger partial charge in [-0.1, -0.05) is 54.9 Å². The summed E-state index contributed by atoms with van der Waals surface area (Å²) in [7, 11) is 1.68. The molecule has 2 unspecified atom stereocenters. The topological polar surface area (TPSA) is 75.2 Å². The molecule has 5 rings (SSSR count). The number of hydrogen-bond acceptors (Lipinski definition) is 5. The molecule has 3 aromatic rings. The third-order valence-electron chi connectivity index (χ3n) is 6.74. The van der Waals surface area contributed by atoms with Crippen molar-refractivity contribution in [3.8, 4) is 0 Å². The summed E-state index contributed by atoms with van der Waals surface area (Å²) in [4.78, 5) is 19.2. The summed E-state index contributed by atoms with van der Waals surface area (Å²) < 4.78 is 42.3. The molecule has 10 heteroatoms. The third kappa shape index (κ3) is 4.61. The molecular formula is C26H26F3N5OS. The first-order valence-corrected chi connectivity index (χ1v) is 12.7. The van der Waals surface area contributed by atoms with Crippen LogP contribution in [0, 0.1) is 5.41 Å². The first kappa shape index (κ1) is 24.4. The van der Waals surface area contributed by atoms with Crippen molar-refractivity contribution in [3.05, 3.63) is 92.4 Å². The Balaban J connectivity index is 1.61. The van der Waals surface area contributed by atoms with Gasteiger partial charge in [-0.3, -0.25) is 19.3 Å². The van der Waals surface area contributed by atoms with Crippen LogP contribution >= 0.6 is 11.8 Å². The summed E-state index contributed by atoms with van der Waals surface area (Å²) in [6.45, 7) is 0.202. The molecule has 188 valence electrons. The van der Waals surface area contributed by atoms with Crippen molar-refractivity contribution in [2.45, 2.75) is 55.4 Å². The van der Waals surface area contributed by atoms with Gasteiger partial charge in [0.1, 0.15) is 10.7 Å². The number of aromatic nitrogens is 2. The SMILES string of the molecule is Cn1c(=O)c(=C(NCc2ccc(C(F)(F)F)cc2)Sc2ccccc2)c(=N)n2c1=NC1CCCCC12. The second-order valence-corrected chi connectivity index (χ2v) is 10.2. The fourth-order valence-electron chi connectivity index (χ4n) is 4.88. The molecule has 1 aromatic heterocycles. The van der Waals surface area contributed by atoms with Gasteiger partial charge >= 0.3 is 6.18 Å². The predicted octanol–water partition coefficient (Wildman–Crippen LogP) is 3.45. The molecule has 0 amide bonds. The fraction of sp³-hybridized carbons (Fsp3) is 0.346. The van der Waals surface area contributed by atoms with E-state index in [2.05, 4.69) is 5.32 Å². The molecule has 2 aliphatic rings. The smallest absolute Gasteiger partial charge is 0.375 e. The first-order chi connectivity index (χ1) is 17.2. The highest BCUT2D eigenvalue weighted by Crippen LogP contribution is 2.31. The van der Waals surface area contributed by atoms with E-state index < -0.39 is 11.7 Å². The Bertz CT molecular complexity index is 1510. The van der Waals surface area contributed by atoms with Crippen molar-refractivity contribution in [2.75, 3.05) is 0 Å². The largest absolute Gasteiger partial charge is 0.416 e. The maximum Gasteiger partial charge on any atom is 0.416 e. The number of thioether (sulfide) groups is 1.